The highest BCUT2D eigenvalue weighted by atomic mass is 16.5. The first kappa shape index (κ1) is 20.6. The van der Waals surface area contributed by atoms with Gasteiger partial charge in [0, 0.05) is 6.42 Å². The fraction of sp³-hybridized carbons (Fsp3) is 0.632. The lowest BCUT2D eigenvalue weighted by Crippen LogP contribution is -2.01. The van der Waals surface area contributed by atoms with Gasteiger partial charge in [-0.25, -0.2) is 0 Å². The number of esters is 1. The minimum Gasteiger partial charge on any atom is -0.469 e. The van der Waals surface area contributed by atoms with Crippen molar-refractivity contribution in [2.75, 3.05) is 7.11 Å². The summed E-state index contributed by atoms with van der Waals surface area (Å²) in [5.41, 5.74) is 0. The zero-order valence-electron chi connectivity index (χ0n) is 14.2. The average Bonchev–Trinajstić information content (AvgIpc) is 2.52. The fourth-order valence-electron chi connectivity index (χ4n) is 2.09. The normalized spacial score (nSPS) is 13.4. The van der Waals surface area contributed by atoms with Gasteiger partial charge in [-0.1, -0.05) is 68.6 Å². The molecule has 0 heterocycles. The molecule has 0 aromatic heterocycles. The van der Waals surface area contributed by atoms with Crippen molar-refractivity contribution in [3.8, 4) is 0 Å². The molecule has 1 atom stereocenters. The summed E-state index contributed by atoms with van der Waals surface area (Å²) in [6, 6.07) is 0. The van der Waals surface area contributed by atoms with Crippen LogP contribution in [0.4, 0.5) is 0 Å². The van der Waals surface area contributed by atoms with Crippen molar-refractivity contribution < 1.29 is 14.6 Å². The first-order valence-electron chi connectivity index (χ1n) is 8.40. The van der Waals surface area contributed by atoms with Crippen LogP contribution >= 0.6 is 0 Å². The Morgan fingerprint density at radius 2 is 1.73 bits per heavy atom. The summed E-state index contributed by atoms with van der Waals surface area (Å²) in [4.78, 5) is 10.9. The molecule has 0 fully saturated rings. The molecule has 3 heteroatoms. The van der Waals surface area contributed by atoms with Gasteiger partial charge in [0.2, 0.25) is 0 Å². The van der Waals surface area contributed by atoms with E-state index in [1.165, 1.54) is 13.5 Å². The highest BCUT2D eigenvalue weighted by Gasteiger charge is 2.00. The Morgan fingerprint density at radius 1 is 1.05 bits per heavy atom. The molecule has 1 unspecified atom stereocenters. The molecule has 0 saturated carbocycles. The summed E-state index contributed by atoms with van der Waals surface area (Å²) < 4.78 is 4.60. The third kappa shape index (κ3) is 15.0. The lowest BCUT2D eigenvalue weighted by molar-refractivity contribution is -0.140. The van der Waals surface area contributed by atoms with Crippen LogP contribution in [0.2, 0.25) is 0 Å². The van der Waals surface area contributed by atoms with E-state index >= 15 is 0 Å². The van der Waals surface area contributed by atoms with Gasteiger partial charge in [0.25, 0.3) is 0 Å². The number of unbranched alkanes of at least 4 members (excludes halogenated alkanes) is 5. The monoisotopic (exact) mass is 308 g/mol. The van der Waals surface area contributed by atoms with Crippen LogP contribution in [-0.2, 0) is 9.53 Å². The molecule has 22 heavy (non-hydrogen) atoms. The van der Waals surface area contributed by atoms with E-state index in [9.17, 15) is 9.90 Å². The van der Waals surface area contributed by atoms with Crippen LogP contribution in [0.25, 0.3) is 0 Å². The van der Waals surface area contributed by atoms with E-state index in [0.717, 1.165) is 44.9 Å². The van der Waals surface area contributed by atoms with Gasteiger partial charge in [0.15, 0.2) is 0 Å². The zero-order valence-corrected chi connectivity index (χ0v) is 14.2. The van der Waals surface area contributed by atoms with Crippen molar-refractivity contribution in [1.29, 1.82) is 0 Å². The Balaban J connectivity index is 3.41. The number of aliphatic hydroxyl groups is 1. The molecule has 3 nitrogen and oxygen atoms in total. The van der Waals surface area contributed by atoms with E-state index in [4.69, 9.17) is 0 Å². The Bertz CT molecular complexity index is 343. The second-order valence-corrected chi connectivity index (χ2v) is 5.42. The van der Waals surface area contributed by atoms with Crippen molar-refractivity contribution in [2.45, 2.75) is 70.8 Å². The van der Waals surface area contributed by atoms with Crippen molar-refractivity contribution >= 4 is 5.97 Å². The molecule has 0 amide bonds. The van der Waals surface area contributed by atoms with Crippen LogP contribution in [0.15, 0.2) is 36.5 Å². The molecular weight excluding hydrogens is 276 g/mol. The summed E-state index contributed by atoms with van der Waals surface area (Å²) >= 11 is 0. The second kappa shape index (κ2) is 16.0. The fourth-order valence-corrected chi connectivity index (χ4v) is 2.09. The van der Waals surface area contributed by atoms with Crippen LogP contribution in [0.1, 0.15) is 64.7 Å². The number of allylic oxidation sites excluding steroid dienone is 5. The highest BCUT2D eigenvalue weighted by Crippen LogP contribution is 2.10. The summed E-state index contributed by atoms with van der Waals surface area (Å²) in [5, 5.41) is 9.79. The first-order valence-corrected chi connectivity index (χ1v) is 8.40. The zero-order chi connectivity index (χ0) is 16.5. The number of hydrogen-bond donors (Lipinski definition) is 1. The second-order valence-electron chi connectivity index (χ2n) is 5.42. The van der Waals surface area contributed by atoms with E-state index in [1.807, 2.05) is 31.2 Å². The summed E-state index contributed by atoms with van der Waals surface area (Å²) in [7, 11) is 1.43. The predicted octanol–water partition coefficient (Wildman–Crippen LogP) is 4.72. The van der Waals surface area contributed by atoms with Gasteiger partial charge in [-0.3, -0.25) is 4.79 Å². The highest BCUT2D eigenvalue weighted by molar-refractivity contribution is 5.68. The largest absolute Gasteiger partial charge is 0.469 e. The molecule has 0 bridgehead atoms. The maximum Gasteiger partial charge on any atom is 0.305 e. The maximum atomic E-state index is 10.9. The van der Waals surface area contributed by atoms with Crippen molar-refractivity contribution in [3.63, 3.8) is 0 Å². The number of carbonyl (C=O) groups excluding carboxylic acids is 1. The lowest BCUT2D eigenvalue weighted by Gasteiger charge is -2.05. The van der Waals surface area contributed by atoms with Crippen LogP contribution < -0.4 is 0 Å². The minimum absolute atomic E-state index is 0.116. The van der Waals surface area contributed by atoms with Gasteiger partial charge in [0.05, 0.1) is 13.2 Å². The average molecular weight is 308 g/mol. The third-order valence-electron chi connectivity index (χ3n) is 3.45. The maximum absolute atomic E-state index is 10.9. The van der Waals surface area contributed by atoms with Gasteiger partial charge in [0.1, 0.15) is 0 Å². The molecule has 0 radical (unpaired) electrons. The third-order valence-corrected chi connectivity index (χ3v) is 3.45. The molecule has 0 aromatic rings. The quantitative estimate of drug-likeness (QED) is 0.232. The molecule has 0 aromatic carbocycles. The molecule has 126 valence electrons. The van der Waals surface area contributed by atoms with Crippen LogP contribution in [-0.4, -0.2) is 24.3 Å². The van der Waals surface area contributed by atoms with Gasteiger partial charge < -0.3 is 9.84 Å². The molecule has 0 aliphatic heterocycles. The number of methoxy groups -OCH3 is 1. The van der Waals surface area contributed by atoms with E-state index in [0.29, 0.717) is 6.42 Å². The topological polar surface area (TPSA) is 46.5 Å². The first-order chi connectivity index (χ1) is 10.7. The van der Waals surface area contributed by atoms with Gasteiger partial charge in [-0.05, 0) is 26.2 Å². The van der Waals surface area contributed by atoms with Gasteiger partial charge >= 0.3 is 5.97 Å². The van der Waals surface area contributed by atoms with E-state index in [2.05, 4.69) is 16.9 Å². The van der Waals surface area contributed by atoms with Gasteiger partial charge in [-0.2, -0.15) is 0 Å². The lowest BCUT2D eigenvalue weighted by atomic mass is 10.1. The van der Waals surface area contributed by atoms with Crippen molar-refractivity contribution in [3.05, 3.63) is 36.5 Å². The Morgan fingerprint density at radius 3 is 2.41 bits per heavy atom. The Hall–Kier alpha value is -1.35. The number of ether oxygens (including phenoxy) is 1. The van der Waals surface area contributed by atoms with Crippen molar-refractivity contribution in [1.82, 2.24) is 0 Å². The molecule has 1 N–H and O–H groups in total. The molecular formula is C19H32O3. The predicted molar refractivity (Wildman–Crippen MR) is 92.7 cm³/mol. The van der Waals surface area contributed by atoms with Crippen LogP contribution in [0.5, 0.6) is 0 Å². The van der Waals surface area contributed by atoms with Crippen molar-refractivity contribution in [2.24, 2.45) is 0 Å². The van der Waals surface area contributed by atoms with E-state index < -0.39 is 0 Å². The molecule has 0 spiro atoms. The Kier molecular flexibility index (Phi) is 15.0. The molecule has 0 saturated heterocycles. The summed E-state index contributed by atoms with van der Waals surface area (Å²) in [5.74, 6) is -0.116. The molecule has 0 aliphatic carbocycles. The number of carbonyl (C=O) groups is 1. The minimum atomic E-state index is -0.342. The van der Waals surface area contributed by atoms with Crippen LogP contribution in [0, 0.1) is 0 Å². The van der Waals surface area contributed by atoms with Gasteiger partial charge in [-0.15, -0.1) is 0 Å². The molecule has 0 rings (SSSR count). The molecule has 0 aliphatic rings. The van der Waals surface area contributed by atoms with E-state index in [1.54, 1.807) is 0 Å². The van der Waals surface area contributed by atoms with E-state index in [-0.39, 0.29) is 12.1 Å². The number of rotatable bonds is 13. The SMILES string of the molecule is CC=CCC=CC=CC(O)CCCCCCCCC(=O)OC. The smallest absolute Gasteiger partial charge is 0.305 e. The number of hydrogen-bond acceptors (Lipinski definition) is 3. The van der Waals surface area contributed by atoms with Crippen LogP contribution in [0.3, 0.4) is 0 Å². The summed E-state index contributed by atoms with van der Waals surface area (Å²) in [6.45, 7) is 2.01. The summed E-state index contributed by atoms with van der Waals surface area (Å²) in [6.07, 6.45) is 20.4. The Labute approximate surface area is 135 Å². The number of aliphatic hydroxyl groups excluding tert-OH is 1. The standard InChI is InChI=1S/C19H32O3/c1-3-4-5-6-9-12-15-18(20)16-13-10-7-8-11-14-17-19(21)22-2/h3-4,6,9,12,15,18,20H,5,7-8,10-11,13-14,16-17H2,1-2H3.